The molecule has 0 bridgehead atoms. The predicted molar refractivity (Wildman–Crippen MR) is 72.2 cm³/mol. The molecule has 1 aromatic heterocycles. The van der Waals surface area contributed by atoms with Crippen molar-refractivity contribution >= 4 is 17.7 Å². The standard InChI is InChI=1S/C11H20N4O2S/c1-3-6-12-9-13-10(17-4-2)15-11(14-9)18-8-5-7-16/h16H,3-8H2,1-2H3,(H,12,13,14,15). The summed E-state index contributed by atoms with van der Waals surface area (Å²) in [6, 6.07) is 0.345. The summed E-state index contributed by atoms with van der Waals surface area (Å²) in [6.45, 7) is 5.49. The van der Waals surface area contributed by atoms with E-state index in [1.807, 2.05) is 6.92 Å². The second-order valence-corrected chi connectivity index (χ2v) is 4.57. The summed E-state index contributed by atoms with van der Waals surface area (Å²) in [5.74, 6) is 1.32. The van der Waals surface area contributed by atoms with Gasteiger partial charge in [-0.2, -0.15) is 15.0 Å². The van der Waals surface area contributed by atoms with E-state index in [1.54, 1.807) is 0 Å². The van der Waals surface area contributed by atoms with Gasteiger partial charge in [-0.3, -0.25) is 0 Å². The molecule has 102 valence electrons. The molecule has 0 fully saturated rings. The van der Waals surface area contributed by atoms with Crippen molar-refractivity contribution in [3.63, 3.8) is 0 Å². The Labute approximate surface area is 112 Å². The first-order valence-corrected chi connectivity index (χ1v) is 7.15. The smallest absolute Gasteiger partial charge is 0.322 e. The van der Waals surface area contributed by atoms with Crippen LogP contribution < -0.4 is 10.1 Å². The van der Waals surface area contributed by atoms with Crippen LogP contribution in [0, 0.1) is 0 Å². The molecule has 2 N–H and O–H groups in total. The normalized spacial score (nSPS) is 10.4. The van der Waals surface area contributed by atoms with E-state index in [0.29, 0.717) is 23.7 Å². The van der Waals surface area contributed by atoms with Crippen LogP contribution in [0.5, 0.6) is 6.01 Å². The zero-order valence-electron chi connectivity index (χ0n) is 10.8. The van der Waals surface area contributed by atoms with Gasteiger partial charge in [-0.1, -0.05) is 18.7 Å². The number of thioether (sulfide) groups is 1. The summed E-state index contributed by atoms with van der Waals surface area (Å²) in [4.78, 5) is 12.7. The Hall–Kier alpha value is -1.08. The van der Waals surface area contributed by atoms with Gasteiger partial charge in [0.15, 0.2) is 5.16 Å². The molecule has 0 radical (unpaired) electrons. The van der Waals surface area contributed by atoms with Gasteiger partial charge in [-0.05, 0) is 19.8 Å². The summed E-state index contributed by atoms with van der Waals surface area (Å²) in [5, 5.41) is 12.5. The van der Waals surface area contributed by atoms with Gasteiger partial charge < -0.3 is 15.2 Å². The Bertz CT molecular complexity index is 352. The lowest BCUT2D eigenvalue weighted by atomic mass is 10.5. The lowest BCUT2D eigenvalue weighted by molar-refractivity contribution is 0.296. The molecule has 0 amide bonds. The maximum absolute atomic E-state index is 8.75. The van der Waals surface area contributed by atoms with Crippen LogP contribution in [0.15, 0.2) is 5.16 Å². The summed E-state index contributed by atoms with van der Waals surface area (Å²) in [6.07, 6.45) is 1.72. The van der Waals surface area contributed by atoms with E-state index in [0.717, 1.165) is 25.1 Å². The first-order valence-electron chi connectivity index (χ1n) is 6.16. The van der Waals surface area contributed by atoms with Gasteiger partial charge in [-0.25, -0.2) is 0 Å². The molecule has 0 saturated carbocycles. The van der Waals surface area contributed by atoms with E-state index < -0.39 is 0 Å². The van der Waals surface area contributed by atoms with E-state index in [4.69, 9.17) is 9.84 Å². The largest absolute Gasteiger partial charge is 0.464 e. The first-order chi connectivity index (χ1) is 8.80. The van der Waals surface area contributed by atoms with Crippen molar-refractivity contribution in [2.75, 3.05) is 30.8 Å². The number of rotatable bonds is 9. The lowest BCUT2D eigenvalue weighted by Gasteiger charge is -2.07. The van der Waals surface area contributed by atoms with Gasteiger partial charge >= 0.3 is 6.01 Å². The minimum atomic E-state index is 0.178. The highest BCUT2D eigenvalue weighted by molar-refractivity contribution is 7.99. The van der Waals surface area contributed by atoms with Gasteiger partial charge in [0.1, 0.15) is 0 Å². The molecule has 0 saturated heterocycles. The third-order valence-electron chi connectivity index (χ3n) is 1.93. The van der Waals surface area contributed by atoms with E-state index in [2.05, 4.69) is 27.2 Å². The molecule has 0 aromatic carbocycles. The Kier molecular flexibility index (Phi) is 7.43. The molecule has 0 aliphatic heterocycles. The van der Waals surface area contributed by atoms with Crippen LogP contribution in [-0.2, 0) is 0 Å². The fourth-order valence-electron chi connectivity index (χ4n) is 1.14. The number of hydrogen-bond donors (Lipinski definition) is 2. The number of aliphatic hydroxyl groups excluding tert-OH is 1. The highest BCUT2D eigenvalue weighted by Crippen LogP contribution is 2.18. The fourth-order valence-corrected chi connectivity index (χ4v) is 1.89. The van der Waals surface area contributed by atoms with Crippen LogP contribution in [0.25, 0.3) is 0 Å². The molecule has 0 aliphatic rings. The molecule has 1 heterocycles. The minimum Gasteiger partial charge on any atom is -0.464 e. The maximum Gasteiger partial charge on any atom is 0.322 e. The highest BCUT2D eigenvalue weighted by Gasteiger charge is 2.07. The molecule has 18 heavy (non-hydrogen) atoms. The zero-order valence-corrected chi connectivity index (χ0v) is 11.7. The summed E-state index contributed by atoms with van der Waals surface area (Å²) >= 11 is 1.49. The predicted octanol–water partition coefficient (Wildman–Crippen LogP) is 1.57. The van der Waals surface area contributed by atoms with Crippen molar-refractivity contribution in [2.45, 2.75) is 31.8 Å². The Morgan fingerprint density at radius 2 is 2.11 bits per heavy atom. The van der Waals surface area contributed by atoms with E-state index in [1.165, 1.54) is 11.8 Å². The molecule has 6 nitrogen and oxygen atoms in total. The van der Waals surface area contributed by atoms with Crippen molar-refractivity contribution < 1.29 is 9.84 Å². The van der Waals surface area contributed by atoms with Crippen molar-refractivity contribution in [2.24, 2.45) is 0 Å². The second-order valence-electron chi connectivity index (χ2n) is 3.51. The van der Waals surface area contributed by atoms with Gasteiger partial charge in [0.25, 0.3) is 0 Å². The second kappa shape index (κ2) is 8.93. The number of nitrogens with one attached hydrogen (secondary N) is 1. The Morgan fingerprint density at radius 3 is 2.78 bits per heavy atom. The molecule has 0 unspecified atom stereocenters. The molecule has 7 heteroatoms. The first kappa shape index (κ1) is 15.0. The number of aromatic nitrogens is 3. The number of nitrogens with zero attached hydrogens (tertiary/aromatic N) is 3. The average molecular weight is 272 g/mol. The van der Waals surface area contributed by atoms with Crippen LogP contribution in [0.1, 0.15) is 26.7 Å². The molecule has 0 atom stereocenters. The van der Waals surface area contributed by atoms with E-state index >= 15 is 0 Å². The van der Waals surface area contributed by atoms with Gasteiger partial charge in [-0.15, -0.1) is 0 Å². The number of hydrogen-bond acceptors (Lipinski definition) is 7. The summed E-state index contributed by atoms with van der Waals surface area (Å²) in [7, 11) is 0. The summed E-state index contributed by atoms with van der Waals surface area (Å²) < 4.78 is 5.31. The topological polar surface area (TPSA) is 80.2 Å². The number of ether oxygens (including phenoxy) is 1. The number of anilines is 1. The van der Waals surface area contributed by atoms with Gasteiger partial charge in [0.2, 0.25) is 5.95 Å². The summed E-state index contributed by atoms with van der Waals surface area (Å²) in [5.41, 5.74) is 0. The van der Waals surface area contributed by atoms with E-state index in [-0.39, 0.29) is 6.61 Å². The quantitative estimate of drug-likeness (QED) is 0.521. The van der Waals surface area contributed by atoms with Crippen LogP contribution in [0.2, 0.25) is 0 Å². The SMILES string of the molecule is CCCNc1nc(OCC)nc(SCCCO)n1. The third-order valence-corrected chi connectivity index (χ3v) is 2.87. The Morgan fingerprint density at radius 1 is 1.28 bits per heavy atom. The van der Waals surface area contributed by atoms with Crippen LogP contribution in [0.4, 0.5) is 5.95 Å². The van der Waals surface area contributed by atoms with Crippen molar-refractivity contribution in [1.29, 1.82) is 0 Å². The fraction of sp³-hybridized carbons (Fsp3) is 0.727. The molecule has 0 spiro atoms. The highest BCUT2D eigenvalue weighted by atomic mass is 32.2. The van der Waals surface area contributed by atoms with Crippen molar-refractivity contribution in [1.82, 2.24) is 15.0 Å². The van der Waals surface area contributed by atoms with Gasteiger partial charge in [0, 0.05) is 18.9 Å². The van der Waals surface area contributed by atoms with E-state index in [9.17, 15) is 0 Å². The average Bonchev–Trinajstić information content (AvgIpc) is 2.37. The van der Waals surface area contributed by atoms with Crippen LogP contribution in [0.3, 0.4) is 0 Å². The Balaban J connectivity index is 2.70. The molecule has 1 rings (SSSR count). The molecule has 1 aromatic rings. The minimum absolute atomic E-state index is 0.178. The third kappa shape index (κ3) is 5.50. The van der Waals surface area contributed by atoms with Crippen molar-refractivity contribution in [3.05, 3.63) is 0 Å². The molecule has 0 aliphatic carbocycles. The van der Waals surface area contributed by atoms with Crippen LogP contribution >= 0.6 is 11.8 Å². The molecular weight excluding hydrogens is 252 g/mol. The molecular formula is C11H20N4O2S. The van der Waals surface area contributed by atoms with Crippen molar-refractivity contribution in [3.8, 4) is 6.01 Å². The number of aliphatic hydroxyl groups is 1. The maximum atomic E-state index is 8.75. The monoisotopic (exact) mass is 272 g/mol. The van der Waals surface area contributed by atoms with Crippen LogP contribution in [-0.4, -0.2) is 45.6 Å². The lowest BCUT2D eigenvalue weighted by Crippen LogP contribution is -2.08. The zero-order chi connectivity index (χ0) is 13.2. The van der Waals surface area contributed by atoms with Gasteiger partial charge in [0.05, 0.1) is 6.61 Å².